The molecule has 136 valence electrons. The molecule has 0 aromatic heterocycles. The molecule has 2 rings (SSSR count). The number of nitrogens with one attached hydrogen (secondary N) is 1. The molecule has 5 nitrogen and oxygen atoms in total. The first-order valence-electron chi connectivity index (χ1n) is 8.59. The van der Waals surface area contributed by atoms with Crippen molar-refractivity contribution in [1.82, 2.24) is 5.32 Å². The molecule has 1 atom stereocenters. The molecule has 0 saturated heterocycles. The zero-order chi connectivity index (χ0) is 18.9. The van der Waals surface area contributed by atoms with E-state index in [1.807, 2.05) is 30.3 Å². The number of ketones is 2. The quantitative estimate of drug-likeness (QED) is 0.704. The van der Waals surface area contributed by atoms with Gasteiger partial charge in [-0.1, -0.05) is 37.3 Å². The number of carbonyl (C=O) groups excluding carboxylic acids is 3. The van der Waals surface area contributed by atoms with Gasteiger partial charge in [-0.15, -0.1) is 0 Å². The van der Waals surface area contributed by atoms with Gasteiger partial charge in [-0.2, -0.15) is 0 Å². The van der Waals surface area contributed by atoms with E-state index in [4.69, 9.17) is 4.74 Å². The van der Waals surface area contributed by atoms with Crippen molar-refractivity contribution in [3.05, 3.63) is 65.7 Å². The fourth-order valence-electron chi connectivity index (χ4n) is 2.47. The van der Waals surface area contributed by atoms with Gasteiger partial charge in [-0.05, 0) is 43.2 Å². The highest BCUT2D eigenvalue weighted by Crippen LogP contribution is 2.13. The van der Waals surface area contributed by atoms with Crippen LogP contribution in [0, 0.1) is 0 Å². The van der Waals surface area contributed by atoms with Gasteiger partial charge in [0, 0.05) is 12.0 Å². The third kappa shape index (κ3) is 5.84. The lowest BCUT2D eigenvalue weighted by molar-refractivity contribution is -0.128. The monoisotopic (exact) mass is 353 g/mol. The van der Waals surface area contributed by atoms with Gasteiger partial charge in [0.05, 0.1) is 6.04 Å². The normalized spacial score (nSPS) is 11.5. The highest BCUT2D eigenvalue weighted by atomic mass is 16.5. The maximum atomic E-state index is 12.1. The Labute approximate surface area is 153 Å². The number of Topliss-reactive ketones (excluding diaryl/α,β-unsaturated/α-hetero) is 2. The summed E-state index contributed by atoms with van der Waals surface area (Å²) in [5.41, 5.74) is 1.59. The molecule has 0 aliphatic rings. The Morgan fingerprint density at radius 3 is 2.23 bits per heavy atom. The molecule has 5 heteroatoms. The van der Waals surface area contributed by atoms with Gasteiger partial charge in [0.1, 0.15) is 5.75 Å². The van der Waals surface area contributed by atoms with Gasteiger partial charge in [0.25, 0.3) is 5.91 Å². The molecule has 1 amide bonds. The van der Waals surface area contributed by atoms with Gasteiger partial charge in [-0.3, -0.25) is 14.4 Å². The van der Waals surface area contributed by atoms with Gasteiger partial charge in [-0.25, -0.2) is 0 Å². The van der Waals surface area contributed by atoms with Crippen LogP contribution >= 0.6 is 0 Å². The SMILES string of the molecule is CCC(=O)c1ccc(OCC(=O)N[C@H](Cc2ccccc2)C(C)=O)cc1. The summed E-state index contributed by atoms with van der Waals surface area (Å²) in [5.74, 6) is 0.0780. The highest BCUT2D eigenvalue weighted by Gasteiger charge is 2.18. The van der Waals surface area contributed by atoms with Crippen LogP contribution in [-0.2, 0) is 16.0 Å². The van der Waals surface area contributed by atoms with Crippen molar-refractivity contribution < 1.29 is 19.1 Å². The maximum absolute atomic E-state index is 12.1. The highest BCUT2D eigenvalue weighted by molar-refractivity contribution is 5.95. The lowest BCUT2D eigenvalue weighted by Crippen LogP contribution is -2.43. The van der Waals surface area contributed by atoms with E-state index in [2.05, 4.69) is 5.32 Å². The number of rotatable bonds is 9. The van der Waals surface area contributed by atoms with E-state index in [1.165, 1.54) is 6.92 Å². The molecule has 2 aromatic rings. The molecule has 0 bridgehead atoms. The van der Waals surface area contributed by atoms with Crippen LogP contribution in [0.3, 0.4) is 0 Å². The van der Waals surface area contributed by atoms with Crippen molar-refractivity contribution in [2.24, 2.45) is 0 Å². The molecule has 0 radical (unpaired) electrons. The summed E-state index contributed by atoms with van der Waals surface area (Å²) in [6, 6.07) is 15.6. The predicted molar refractivity (Wildman–Crippen MR) is 99.3 cm³/mol. The van der Waals surface area contributed by atoms with Crippen LogP contribution in [0.2, 0.25) is 0 Å². The maximum Gasteiger partial charge on any atom is 0.258 e. The molecule has 0 aliphatic heterocycles. The standard InChI is InChI=1S/C21H23NO4/c1-3-20(24)17-9-11-18(12-10-17)26-14-21(25)22-19(15(2)23)13-16-7-5-4-6-8-16/h4-12,19H,3,13-14H2,1-2H3,(H,22,25)/t19-/m1/s1. The zero-order valence-electron chi connectivity index (χ0n) is 15.0. The molecular weight excluding hydrogens is 330 g/mol. The fraction of sp³-hybridized carbons (Fsp3) is 0.286. The van der Waals surface area contributed by atoms with E-state index >= 15 is 0 Å². The van der Waals surface area contributed by atoms with Crippen LogP contribution in [0.15, 0.2) is 54.6 Å². The Hall–Kier alpha value is -2.95. The summed E-state index contributed by atoms with van der Waals surface area (Å²) in [6.45, 7) is 3.07. The molecule has 0 spiro atoms. The summed E-state index contributed by atoms with van der Waals surface area (Å²) >= 11 is 0. The first kappa shape index (κ1) is 19.4. The van der Waals surface area contributed by atoms with Crippen LogP contribution in [-0.4, -0.2) is 30.1 Å². The Morgan fingerprint density at radius 1 is 1.00 bits per heavy atom. The van der Waals surface area contributed by atoms with Crippen LogP contribution in [0.5, 0.6) is 5.75 Å². The lowest BCUT2D eigenvalue weighted by atomic mass is 10.0. The summed E-state index contributed by atoms with van der Waals surface area (Å²) in [5, 5.41) is 2.71. The minimum atomic E-state index is -0.585. The second-order valence-corrected chi connectivity index (χ2v) is 6.01. The number of ether oxygens (including phenoxy) is 1. The largest absolute Gasteiger partial charge is 0.484 e. The third-order valence-electron chi connectivity index (χ3n) is 3.98. The Morgan fingerprint density at radius 2 is 1.65 bits per heavy atom. The molecular formula is C21H23NO4. The fourth-order valence-corrected chi connectivity index (χ4v) is 2.47. The molecule has 0 saturated carbocycles. The third-order valence-corrected chi connectivity index (χ3v) is 3.98. The molecule has 2 aromatic carbocycles. The van der Waals surface area contributed by atoms with Gasteiger partial charge < -0.3 is 10.1 Å². The Kier molecular flexibility index (Phi) is 7.09. The average Bonchev–Trinajstić information content (AvgIpc) is 2.66. The van der Waals surface area contributed by atoms with Crippen LogP contribution in [0.4, 0.5) is 0 Å². The van der Waals surface area contributed by atoms with Crippen LogP contribution in [0.1, 0.15) is 36.2 Å². The Balaban J connectivity index is 1.88. The minimum Gasteiger partial charge on any atom is -0.484 e. The first-order valence-corrected chi connectivity index (χ1v) is 8.59. The van der Waals surface area contributed by atoms with Gasteiger partial charge in [0.15, 0.2) is 18.2 Å². The first-order chi connectivity index (χ1) is 12.5. The van der Waals surface area contributed by atoms with Crippen LogP contribution < -0.4 is 10.1 Å². The summed E-state index contributed by atoms with van der Waals surface area (Å²) in [7, 11) is 0. The number of carbonyl (C=O) groups is 3. The van der Waals surface area contributed by atoms with Gasteiger partial charge in [0.2, 0.25) is 0 Å². The molecule has 1 N–H and O–H groups in total. The van der Waals surface area contributed by atoms with Crippen molar-refractivity contribution in [3.63, 3.8) is 0 Å². The van der Waals surface area contributed by atoms with E-state index in [0.717, 1.165) is 5.56 Å². The minimum absolute atomic E-state index is 0.0551. The van der Waals surface area contributed by atoms with Crippen molar-refractivity contribution >= 4 is 17.5 Å². The molecule has 0 aliphatic carbocycles. The number of hydrogen-bond donors (Lipinski definition) is 1. The topological polar surface area (TPSA) is 72.5 Å². The molecule has 26 heavy (non-hydrogen) atoms. The summed E-state index contributed by atoms with van der Waals surface area (Å²) < 4.78 is 5.43. The summed E-state index contributed by atoms with van der Waals surface area (Å²) in [4.78, 5) is 35.5. The van der Waals surface area contributed by atoms with Crippen molar-refractivity contribution in [2.45, 2.75) is 32.7 Å². The van der Waals surface area contributed by atoms with Crippen molar-refractivity contribution in [1.29, 1.82) is 0 Å². The smallest absolute Gasteiger partial charge is 0.258 e. The number of benzene rings is 2. The Bertz CT molecular complexity index is 753. The lowest BCUT2D eigenvalue weighted by Gasteiger charge is -2.16. The summed E-state index contributed by atoms with van der Waals surface area (Å²) in [6.07, 6.45) is 0.881. The predicted octanol–water partition coefficient (Wildman–Crippen LogP) is 2.97. The zero-order valence-corrected chi connectivity index (χ0v) is 15.0. The van der Waals surface area contributed by atoms with Crippen molar-refractivity contribution in [2.75, 3.05) is 6.61 Å². The van der Waals surface area contributed by atoms with E-state index in [-0.39, 0.29) is 24.1 Å². The van der Waals surface area contributed by atoms with Crippen LogP contribution in [0.25, 0.3) is 0 Å². The van der Waals surface area contributed by atoms with Gasteiger partial charge >= 0.3 is 0 Å². The molecule has 0 fully saturated rings. The second-order valence-electron chi connectivity index (χ2n) is 6.01. The second kappa shape index (κ2) is 9.51. The molecule has 0 heterocycles. The van der Waals surface area contributed by atoms with E-state index < -0.39 is 6.04 Å². The van der Waals surface area contributed by atoms with E-state index in [0.29, 0.717) is 24.2 Å². The van der Waals surface area contributed by atoms with Crippen molar-refractivity contribution in [3.8, 4) is 5.75 Å². The van der Waals surface area contributed by atoms with E-state index in [1.54, 1.807) is 31.2 Å². The van der Waals surface area contributed by atoms with E-state index in [9.17, 15) is 14.4 Å². The number of amides is 1. The molecule has 0 unspecified atom stereocenters. The average molecular weight is 353 g/mol. The number of hydrogen-bond acceptors (Lipinski definition) is 4.